The first kappa shape index (κ1) is 121. The van der Waals surface area contributed by atoms with Crippen LogP contribution in [0.3, 0.4) is 0 Å². The summed E-state index contributed by atoms with van der Waals surface area (Å²) in [5, 5.41) is 42.9. The summed E-state index contributed by atoms with van der Waals surface area (Å²) in [5.41, 5.74) is 3.95. The highest BCUT2D eigenvalue weighted by Crippen LogP contribution is 2.31. The highest BCUT2D eigenvalue weighted by molar-refractivity contribution is 6.02. The predicted molar refractivity (Wildman–Crippen MR) is 549 cm³/mol. The predicted octanol–water partition coefficient (Wildman–Crippen LogP) is 7.76. The van der Waals surface area contributed by atoms with E-state index in [1.807, 2.05) is 0 Å². The third-order valence-corrected chi connectivity index (χ3v) is 23.7. The van der Waals surface area contributed by atoms with Crippen molar-refractivity contribution in [3.63, 3.8) is 0 Å². The number of halogens is 2. The van der Waals surface area contributed by atoms with Crippen LogP contribution in [0.5, 0.6) is 0 Å². The molecule has 149 heavy (non-hydrogen) atoms. The number of benzene rings is 4. The first-order chi connectivity index (χ1) is 69.9. The molecule has 13 N–H and O–H groups in total. The fourth-order valence-corrected chi connectivity index (χ4v) is 15.7. The number of aromatic nitrogens is 2. The molecule has 2 aliphatic rings. The number of carbonyl (C=O) groups excluding carboxylic acids is 15. The van der Waals surface area contributed by atoms with E-state index in [0.717, 1.165) is 12.1 Å². The summed E-state index contributed by atoms with van der Waals surface area (Å²) in [7, 11) is 6.38. The SMILES string of the molecule is CCn1cc(C(=O)O)c(=O)c2cc(F)c(N3CCN(C(=O)OCc4ccc(NC(=O)[C@H](CCN)NC(=O)[C@@H](NC(=O)[C@H](CCC(=O)OC(C)(C)C)NC(=O)CCCC(=O)N(C)C)C(C)C)cc4)CC3)cc21.CCn1cc(C(=O)O)c(=O)c2cc(F)c(N3CCN(C(=O)OCc4ccc(NC(=O)[C@H](CCNC(=O)OC(C)(C)C)NC(=O)[C@@H](NC(=O)[C@H](CCC(=O)OC(C)(C)C)NC(=O)CCCC(=O)N(C)C)C(C)C)cc4)CC3)cc21. The van der Waals surface area contributed by atoms with Crippen LogP contribution in [-0.2, 0) is 108 Å². The van der Waals surface area contributed by atoms with Crippen molar-refractivity contribution in [2.45, 2.75) is 260 Å². The number of anilines is 4. The Morgan fingerprint density at radius 2 is 0.772 bits per heavy atom. The van der Waals surface area contributed by atoms with Crippen molar-refractivity contribution in [1.82, 2.24) is 66.0 Å². The van der Waals surface area contributed by atoms with E-state index in [1.165, 1.54) is 44.1 Å². The van der Waals surface area contributed by atoms with Crippen molar-refractivity contribution in [3.8, 4) is 0 Å². The number of carbonyl (C=O) groups is 17. The Morgan fingerprint density at radius 1 is 0.430 bits per heavy atom. The molecule has 6 aromatic rings. The maximum Gasteiger partial charge on any atom is 0.410 e. The molecule has 2 fully saturated rings. The number of rotatable bonds is 45. The highest BCUT2D eigenvalue weighted by Gasteiger charge is 2.38. The van der Waals surface area contributed by atoms with Gasteiger partial charge in [0.25, 0.3) is 0 Å². The molecule has 0 bridgehead atoms. The van der Waals surface area contributed by atoms with Gasteiger partial charge >= 0.3 is 42.2 Å². The molecule has 6 atom stereocenters. The van der Waals surface area contributed by atoms with Gasteiger partial charge in [-0.25, -0.2) is 32.8 Å². The minimum atomic E-state index is -1.41. The van der Waals surface area contributed by atoms with Gasteiger partial charge in [0.05, 0.1) is 22.4 Å². The van der Waals surface area contributed by atoms with Crippen molar-refractivity contribution in [3.05, 3.63) is 140 Å². The zero-order valence-electron chi connectivity index (χ0n) is 88.2. The summed E-state index contributed by atoms with van der Waals surface area (Å²) >= 11 is 0. The van der Waals surface area contributed by atoms with Crippen LogP contribution in [0.2, 0.25) is 0 Å². The number of hydrogen-bond donors (Lipinski definition) is 12. The van der Waals surface area contributed by atoms with Crippen LogP contribution in [0.25, 0.3) is 21.8 Å². The molecule has 44 nitrogen and oxygen atoms in total. The van der Waals surface area contributed by atoms with Gasteiger partial charge < -0.3 is 126 Å². The third-order valence-electron chi connectivity index (χ3n) is 23.7. The van der Waals surface area contributed by atoms with Gasteiger partial charge in [-0.3, -0.25) is 67.1 Å². The number of carboxylic acid groups (broad SMARTS) is 2. The van der Waals surface area contributed by atoms with Crippen LogP contribution in [0.4, 0.5) is 45.9 Å². The lowest BCUT2D eigenvalue weighted by Gasteiger charge is -2.35. The van der Waals surface area contributed by atoms with E-state index in [9.17, 15) is 101 Å². The zero-order valence-corrected chi connectivity index (χ0v) is 88.2. The number of nitrogens with zero attached hydrogens (tertiary/aromatic N) is 8. The summed E-state index contributed by atoms with van der Waals surface area (Å²) in [6, 6.07) is 10.5. The van der Waals surface area contributed by atoms with Crippen LogP contribution in [0.1, 0.15) is 213 Å². The molecule has 8 rings (SSSR count). The minimum Gasteiger partial charge on any atom is -0.477 e. The third kappa shape index (κ3) is 38.1. The topological polar surface area (TPSA) is 575 Å². The lowest BCUT2D eigenvalue weighted by Crippen LogP contribution is -2.58. The number of amides is 13. The van der Waals surface area contributed by atoms with Gasteiger partial charge in [-0.15, -0.1) is 0 Å². The summed E-state index contributed by atoms with van der Waals surface area (Å²) in [5.74, 6) is -12.2. The number of aryl methyl sites for hydroxylation is 2. The lowest BCUT2D eigenvalue weighted by atomic mass is 10.0. The lowest BCUT2D eigenvalue weighted by molar-refractivity contribution is -0.156. The molecular weight excluding hydrogens is 1940 g/mol. The van der Waals surface area contributed by atoms with Crippen LogP contribution in [0.15, 0.2) is 94.8 Å². The van der Waals surface area contributed by atoms with E-state index < -0.39 is 188 Å². The number of alkyl carbamates (subject to hydrolysis) is 1. The van der Waals surface area contributed by atoms with Gasteiger partial charge in [-0.2, -0.15) is 0 Å². The molecule has 13 amide bonds. The monoisotopic (exact) mass is 2090 g/mol. The smallest absolute Gasteiger partial charge is 0.410 e. The fourth-order valence-electron chi connectivity index (χ4n) is 15.7. The van der Waals surface area contributed by atoms with Gasteiger partial charge in [0.1, 0.15) is 89.0 Å². The van der Waals surface area contributed by atoms with Crippen molar-refractivity contribution < 1.29 is 124 Å². The Hall–Kier alpha value is -14.9. The van der Waals surface area contributed by atoms with Crippen molar-refractivity contribution in [2.75, 3.05) is 114 Å². The van der Waals surface area contributed by atoms with Crippen LogP contribution >= 0.6 is 0 Å². The largest absolute Gasteiger partial charge is 0.477 e. The number of carboxylic acids is 2. The minimum absolute atomic E-state index is 0.0226. The number of ether oxygens (including phenoxy) is 5. The molecule has 0 aliphatic carbocycles. The molecule has 2 aromatic heterocycles. The van der Waals surface area contributed by atoms with E-state index >= 15 is 8.78 Å². The Labute approximate surface area is 863 Å². The standard InChI is InChI=1S/C54H76FN9O14.C49H68FN9O12/c1-12-62-30-36(50(72)73)46(68)35-28-37(55)41(29-40(35)62)63-24-26-64(27-25-63)52(75)76-31-33-16-18-34(19-17-33)57-47(69)39(22-23-56-51(74)78-54(7,8)9)59-49(71)45(32(2)3)60-48(70)38(20-21-44(67)77-53(4,5)6)58-42(65)14-13-15-43(66)61(10)11;1-9-57-27-33(47(67)68)43(63)32-25-34(50)38(26-37(32)57)58-21-23-59(24-22-58)48(69)70-28-30-13-15-31(16-14-30)52-44(64)36(19-20-51)54-46(66)42(29(2)3)55-45(65)35(17-18-41(62)71-49(4,5)6)53-39(60)11-10-12-40(61)56(7)8/h16-19,28-30,32,38-39,45H,12-15,20-27,31H2,1-11H3,(H,56,74)(H,57,69)(H,58,65)(H,59,71)(H,60,70)(H,72,73);13-16,25-27,29,35-36,42H,9-12,17-24,28,51H2,1-8H3,(H,52,64)(H,53,60)(H,54,66)(H,55,65)(H,67,68)/t38-,39-,45-;35-,36-,42-/m00/s1. The molecular formula is C103H144F2N18O26. The van der Waals surface area contributed by atoms with Gasteiger partial charge in [0, 0.05) is 173 Å². The molecule has 4 heterocycles. The van der Waals surface area contributed by atoms with Crippen LogP contribution in [0, 0.1) is 23.5 Å². The number of hydrogen-bond acceptors (Lipinski definition) is 27. The molecule has 0 radical (unpaired) electrons. The Morgan fingerprint density at radius 3 is 1.09 bits per heavy atom. The van der Waals surface area contributed by atoms with E-state index in [4.69, 9.17) is 29.4 Å². The average Bonchev–Trinajstić information content (AvgIpc) is 0.763. The normalized spacial score (nSPS) is 13.9. The Bertz CT molecular complexity index is 5920. The first-order valence-corrected chi connectivity index (χ1v) is 49.5. The fraction of sp³-hybridized carbons (Fsp3) is 0.544. The number of aromatic carboxylic acids is 2. The Kier molecular flexibility index (Phi) is 45.3. The van der Waals surface area contributed by atoms with Crippen molar-refractivity contribution >= 4 is 146 Å². The molecule has 816 valence electrons. The summed E-state index contributed by atoms with van der Waals surface area (Å²) in [4.78, 5) is 255. The van der Waals surface area contributed by atoms with E-state index in [1.54, 1.807) is 200 Å². The number of piperazine rings is 2. The van der Waals surface area contributed by atoms with Crippen LogP contribution in [-0.4, -0.2) is 287 Å². The van der Waals surface area contributed by atoms with E-state index in [0.29, 0.717) is 46.6 Å². The summed E-state index contributed by atoms with van der Waals surface area (Å²) < 4.78 is 61.2. The molecule has 0 saturated carbocycles. The van der Waals surface area contributed by atoms with E-state index in [2.05, 4.69) is 47.9 Å². The average molecular weight is 2090 g/mol. The summed E-state index contributed by atoms with van der Waals surface area (Å²) in [6.45, 7) is 27.5. The maximum absolute atomic E-state index is 15.5. The molecule has 4 aromatic carbocycles. The number of nitrogens with two attached hydrogens (primary N) is 1. The molecule has 0 spiro atoms. The molecule has 2 aliphatic heterocycles. The van der Waals surface area contributed by atoms with Crippen molar-refractivity contribution in [1.29, 1.82) is 0 Å². The van der Waals surface area contributed by atoms with Gasteiger partial charge in [-0.1, -0.05) is 52.0 Å². The second-order valence-electron chi connectivity index (χ2n) is 40.1. The maximum atomic E-state index is 15.5. The van der Waals surface area contributed by atoms with E-state index in [-0.39, 0.29) is 190 Å². The number of esters is 2. The summed E-state index contributed by atoms with van der Waals surface area (Å²) in [6.07, 6.45) is 0.0921. The first-order valence-electron chi connectivity index (χ1n) is 49.5. The Balaban J connectivity index is 0.000000405. The molecule has 46 heteroatoms. The van der Waals surface area contributed by atoms with Gasteiger partial charge in [-0.05, 0) is 193 Å². The number of pyridine rings is 2. The second kappa shape index (κ2) is 55.8. The number of nitrogens with one attached hydrogen (secondary N) is 9. The van der Waals surface area contributed by atoms with Crippen LogP contribution < -0.4 is 74.2 Å². The van der Waals surface area contributed by atoms with Gasteiger partial charge in [0.15, 0.2) is 0 Å². The highest BCUT2D eigenvalue weighted by atomic mass is 19.1. The molecule has 2 saturated heterocycles. The number of fused-ring (bicyclic) bond motifs is 2. The van der Waals surface area contributed by atoms with Gasteiger partial charge in [0.2, 0.25) is 69.9 Å². The second-order valence-corrected chi connectivity index (χ2v) is 40.1. The molecule has 0 unspecified atom stereocenters. The zero-order chi connectivity index (χ0) is 111. The van der Waals surface area contributed by atoms with Crippen molar-refractivity contribution in [2.24, 2.45) is 17.6 Å². The quantitative estimate of drug-likeness (QED) is 0.0128.